The normalized spacial score (nSPS) is 11.4. The van der Waals surface area contributed by atoms with Crippen molar-refractivity contribution in [3.8, 4) is 17.1 Å². The van der Waals surface area contributed by atoms with Crippen LogP contribution in [0.4, 0.5) is 11.5 Å². The Balaban J connectivity index is 1.75. The highest BCUT2D eigenvalue weighted by atomic mass is 35.5. The zero-order valence-electron chi connectivity index (χ0n) is 17.1. The van der Waals surface area contributed by atoms with E-state index in [1.165, 1.54) is 24.3 Å². The Morgan fingerprint density at radius 3 is 2.71 bits per heavy atom. The summed E-state index contributed by atoms with van der Waals surface area (Å²) in [4.78, 5) is 23.7. The summed E-state index contributed by atoms with van der Waals surface area (Å²) in [5.41, 5.74) is 8.96. The van der Waals surface area contributed by atoms with Crippen molar-refractivity contribution in [1.29, 1.82) is 0 Å². The van der Waals surface area contributed by atoms with Crippen LogP contribution in [0, 0.1) is 10.1 Å². The third-order valence-corrected chi connectivity index (χ3v) is 5.11. The lowest BCUT2D eigenvalue weighted by atomic mass is 10.1. The molecule has 34 heavy (non-hydrogen) atoms. The van der Waals surface area contributed by atoms with Gasteiger partial charge in [0.1, 0.15) is 5.69 Å². The zero-order chi connectivity index (χ0) is 24.4. The number of benzene rings is 2. The van der Waals surface area contributed by atoms with E-state index in [1.807, 2.05) is 0 Å². The summed E-state index contributed by atoms with van der Waals surface area (Å²) in [7, 11) is 0. The third-order valence-electron chi connectivity index (χ3n) is 4.56. The number of nitrogen functional groups attached to an aromatic ring is 1. The first-order valence-corrected chi connectivity index (χ1v) is 10.1. The van der Waals surface area contributed by atoms with E-state index in [0.29, 0.717) is 21.3 Å². The van der Waals surface area contributed by atoms with Crippen LogP contribution < -0.4 is 11.2 Å². The van der Waals surface area contributed by atoms with Gasteiger partial charge in [-0.3, -0.25) is 14.9 Å². The minimum atomic E-state index is -0.757. The number of non-ortho nitro benzene ring substituents is 1. The molecule has 2 heterocycles. The fourth-order valence-electron chi connectivity index (χ4n) is 2.98. The molecule has 15 heteroatoms. The summed E-state index contributed by atoms with van der Waals surface area (Å²) < 4.78 is 5.69. The first-order chi connectivity index (χ1) is 16.3. The Bertz CT molecular complexity index is 1450. The molecule has 0 saturated heterocycles. The number of carbonyl (C=O) groups excluding carboxylic acids is 1. The minimum absolute atomic E-state index is 0.0549. The molecule has 0 unspecified atom stereocenters. The molecular formula is C19H13Cl2N9O4. The minimum Gasteiger partial charge on any atom is -0.378 e. The maximum Gasteiger partial charge on any atom is 0.294 e. The Kier molecular flexibility index (Phi) is 6.21. The highest BCUT2D eigenvalue weighted by Crippen LogP contribution is 2.29. The number of aromatic nitrogens is 5. The van der Waals surface area contributed by atoms with Gasteiger partial charge in [0.15, 0.2) is 5.69 Å². The highest BCUT2D eigenvalue weighted by molar-refractivity contribution is 6.37. The van der Waals surface area contributed by atoms with E-state index in [9.17, 15) is 14.9 Å². The number of nitro groups is 1. The van der Waals surface area contributed by atoms with Gasteiger partial charge in [0.05, 0.1) is 15.7 Å². The van der Waals surface area contributed by atoms with Crippen LogP contribution in [0.3, 0.4) is 0 Å². The van der Waals surface area contributed by atoms with Crippen LogP contribution in [0.15, 0.2) is 52.2 Å². The number of hydrazone groups is 1. The van der Waals surface area contributed by atoms with Crippen molar-refractivity contribution in [3.05, 3.63) is 73.9 Å². The van der Waals surface area contributed by atoms with Gasteiger partial charge in [-0.05, 0) is 29.4 Å². The number of nitrogens with two attached hydrogens (primary N) is 1. The molecule has 0 bridgehead atoms. The van der Waals surface area contributed by atoms with E-state index in [0.717, 1.165) is 4.68 Å². The lowest BCUT2D eigenvalue weighted by molar-refractivity contribution is -0.384. The number of anilines is 1. The van der Waals surface area contributed by atoms with Gasteiger partial charge in [-0.2, -0.15) is 9.78 Å². The number of nitrogens with one attached hydrogen (secondary N) is 1. The number of carbonyl (C=O) groups is 1. The van der Waals surface area contributed by atoms with Crippen LogP contribution in [0.1, 0.15) is 23.0 Å². The number of hydrogen-bond acceptors (Lipinski definition) is 10. The van der Waals surface area contributed by atoms with Gasteiger partial charge in [0.25, 0.3) is 11.6 Å². The molecule has 172 valence electrons. The zero-order valence-corrected chi connectivity index (χ0v) is 18.7. The summed E-state index contributed by atoms with van der Waals surface area (Å²) in [5, 5.41) is 31.1. The molecule has 2 aromatic carbocycles. The van der Waals surface area contributed by atoms with Gasteiger partial charge in [-0.1, -0.05) is 46.6 Å². The Hall–Kier alpha value is -4.36. The smallest absolute Gasteiger partial charge is 0.294 e. The third kappa shape index (κ3) is 4.42. The van der Waals surface area contributed by atoms with Crippen LogP contribution >= 0.6 is 23.2 Å². The SMILES string of the molecule is CC(=NNC(=O)c1nnn(-c2nonc2N)c1-c1cccc([N+](=O)[O-])c1)c1ccc(Cl)cc1Cl. The second-order valence-corrected chi connectivity index (χ2v) is 7.58. The van der Waals surface area contributed by atoms with E-state index in [2.05, 4.69) is 35.8 Å². The molecule has 0 aliphatic rings. The van der Waals surface area contributed by atoms with E-state index in [1.54, 1.807) is 25.1 Å². The van der Waals surface area contributed by atoms with E-state index < -0.39 is 10.8 Å². The second-order valence-electron chi connectivity index (χ2n) is 6.74. The van der Waals surface area contributed by atoms with Crippen molar-refractivity contribution in [1.82, 2.24) is 30.7 Å². The fraction of sp³-hybridized carbons (Fsp3) is 0.0526. The van der Waals surface area contributed by atoms with Gasteiger partial charge in [-0.15, -0.1) is 5.10 Å². The first kappa shape index (κ1) is 22.8. The van der Waals surface area contributed by atoms with Crippen molar-refractivity contribution >= 4 is 46.3 Å². The van der Waals surface area contributed by atoms with Crippen molar-refractivity contribution in [2.45, 2.75) is 6.92 Å². The Morgan fingerprint density at radius 2 is 2.03 bits per heavy atom. The molecule has 3 N–H and O–H groups in total. The van der Waals surface area contributed by atoms with Crippen LogP contribution in [0.2, 0.25) is 10.0 Å². The Morgan fingerprint density at radius 1 is 1.24 bits per heavy atom. The summed E-state index contributed by atoms with van der Waals surface area (Å²) in [6.07, 6.45) is 0. The maximum atomic E-state index is 13.0. The molecule has 0 fully saturated rings. The monoisotopic (exact) mass is 501 g/mol. The predicted octanol–water partition coefficient (Wildman–Crippen LogP) is 3.27. The average Bonchev–Trinajstić information content (AvgIpc) is 3.43. The molecule has 0 radical (unpaired) electrons. The van der Waals surface area contributed by atoms with E-state index >= 15 is 0 Å². The van der Waals surface area contributed by atoms with Gasteiger partial charge in [0.2, 0.25) is 11.6 Å². The molecule has 4 rings (SSSR count). The van der Waals surface area contributed by atoms with Crippen molar-refractivity contribution < 1.29 is 14.3 Å². The summed E-state index contributed by atoms with van der Waals surface area (Å²) in [5.74, 6) is -0.942. The van der Waals surface area contributed by atoms with Crippen LogP contribution in [-0.2, 0) is 0 Å². The number of halogens is 2. The maximum absolute atomic E-state index is 13.0. The molecule has 4 aromatic rings. The summed E-state index contributed by atoms with van der Waals surface area (Å²) in [6.45, 7) is 1.63. The fourth-order valence-corrected chi connectivity index (χ4v) is 3.52. The molecule has 1 amide bonds. The molecule has 2 aromatic heterocycles. The Labute approximate surface area is 200 Å². The van der Waals surface area contributed by atoms with E-state index in [4.69, 9.17) is 28.9 Å². The number of nitro benzene ring substituents is 1. The molecule has 0 atom stereocenters. The molecule has 13 nitrogen and oxygen atoms in total. The second kappa shape index (κ2) is 9.25. The average molecular weight is 502 g/mol. The van der Waals surface area contributed by atoms with E-state index in [-0.39, 0.29) is 34.3 Å². The van der Waals surface area contributed by atoms with Gasteiger partial charge in [-0.25, -0.2) is 10.1 Å². The number of hydrogen-bond donors (Lipinski definition) is 2. The lowest BCUT2D eigenvalue weighted by Crippen LogP contribution is -2.21. The molecule has 0 aliphatic carbocycles. The van der Waals surface area contributed by atoms with Crippen LogP contribution in [-0.4, -0.2) is 41.8 Å². The van der Waals surface area contributed by atoms with Crippen molar-refractivity contribution in [2.24, 2.45) is 5.10 Å². The number of nitrogens with zero attached hydrogens (tertiary/aromatic N) is 7. The highest BCUT2D eigenvalue weighted by Gasteiger charge is 2.26. The molecule has 0 spiro atoms. The molecule has 0 aliphatic heterocycles. The number of rotatable bonds is 6. The largest absolute Gasteiger partial charge is 0.378 e. The standard InChI is InChI=1S/C19H13Cl2N9O4/c1-9(13-6-5-11(20)8-14(13)21)23-25-19(31)15-16(10-3-2-4-12(7-10)30(32)33)29(28-24-15)18-17(22)26-34-27-18/h2-8H,1H3,(H2,22,26)(H,25,31). The van der Waals surface area contributed by atoms with Crippen LogP contribution in [0.25, 0.3) is 17.1 Å². The van der Waals surface area contributed by atoms with Crippen molar-refractivity contribution in [3.63, 3.8) is 0 Å². The topological polar surface area (TPSA) is 180 Å². The van der Waals surface area contributed by atoms with Gasteiger partial charge >= 0.3 is 0 Å². The van der Waals surface area contributed by atoms with Gasteiger partial charge in [0, 0.05) is 28.3 Å². The first-order valence-electron chi connectivity index (χ1n) is 9.35. The molecular weight excluding hydrogens is 489 g/mol. The number of amides is 1. The van der Waals surface area contributed by atoms with Crippen molar-refractivity contribution in [2.75, 3.05) is 5.73 Å². The quantitative estimate of drug-likeness (QED) is 0.227. The van der Waals surface area contributed by atoms with Gasteiger partial charge < -0.3 is 5.73 Å². The predicted molar refractivity (Wildman–Crippen MR) is 122 cm³/mol. The summed E-state index contributed by atoms with van der Waals surface area (Å²) >= 11 is 12.1. The molecule has 0 saturated carbocycles. The summed E-state index contributed by atoms with van der Waals surface area (Å²) in [6, 6.07) is 10.4. The van der Waals surface area contributed by atoms with Crippen LogP contribution in [0.5, 0.6) is 0 Å². The lowest BCUT2D eigenvalue weighted by Gasteiger charge is -2.07.